The molecule has 0 aliphatic heterocycles. The molecule has 7 nitrogen and oxygen atoms in total. The molecule has 0 radical (unpaired) electrons. The maximum absolute atomic E-state index is 12.9. The second-order valence-corrected chi connectivity index (χ2v) is 6.64. The van der Waals surface area contributed by atoms with Gasteiger partial charge in [-0.15, -0.1) is 0 Å². The highest BCUT2D eigenvalue weighted by Crippen LogP contribution is 2.29. The molecule has 5 rings (SSSR count). The third-order valence-electron chi connectivity index (χ3n) is 4.85. The van der Waals surface area contributed by atoms with Crippen LogP contribution >= 0.6 is 0 Å². The molecular formula is C22H18N4O3. The Morgan fingerprint density at radius 1 is 1.17 bits per heavy atom. The first kappa shape index (κ1) is 17.1. The molecule has 5 aromatic rings. The van der Waals surface area contributed by atoms with E-state index in [0.717, 1.165) is 22.6 Å². The second kappa shape index (κ2) is 6.87. The van der Waals surface area contributed by atoms with Crippen LogP contribution in [-0.4, -0.2) is 21.5 Å². The number of nitrogens with zero attached hydrogens (tertiary/aromatic N) is 2. The lowest BCUT2D eigenvalue weighted by molar-refractivity contribution is 0.415. The van der Waals surface area contributed by atoms with Gasteiger partial charge in [-0.25, -0.2) is 4.98 Å². The van der Waals surface area contributed by atoms with Crippen molar-refractivity contribution in [2.45, 2.75) is 6.54 Å². The molecule has 0 fully saturated rings. The van der Waals surface area contributed by atoms with Crippen molar-refractivity contribution in [1.29, 1.82) is 0 Å². The summed E-state index contributed by atoms with van der Waals surface area (Å²) in [7, 11) is 1.60. The van der Waals surface area contributed by atoms with E-state index in [0.29, 0.717) is 29.1 Å². The summed E-state index contributed by atoms with van der Waals surface area (Å²) in [6.07, 6.45) is 3.55. The van der Waals surface area contributed by atoms with E-state index < -0.39 is 0 Å². The molecule has 29 heavy (non-hydrogen) atoms. The molecule has 0 spiro atoms. The van der Waals surface area contributed by atoms with E-state index >= 15 is 0 Å². The van der Waals surface area contributed by atoms with E-state index in [1.54, 1.807) is 19.4 Å². The molecule has 0 bridgehead atoms. The molecule has 0 aliphatic carbocycles. The van der Waals surface area contributed by atoms with Crippen molar-refractivity contribution in [3.8, 4) is 17.0 Å². The summed E-state index contributed by atoms with van der Waals surface area (Å²) < 4.78 is 12.6. The molecule has 0 atom stereocenters. The van der Waals surface area contributed by atoms with Crippen LogP contribution in [0, 0.1) is 0 Å². The Balaban J connectivity index is 1.66. The number of imidazole rings is 1. The second-order valence-electron chi connectivity index (χ2n) is 6.64. The largest absolute Gasteiger partial charge is 0.497 e. The number of hydrogen-bond donors (Lipinski definition) is 2. The number of anilines is 1. The van der Waals surface area contributed by atoms with Crippen LogP contribution in [0.5, 0.6) is 5.75 Å². The fraction of sp³-hybridized carbons (Fsp3) is 0.0909. The Morgan fingerprint density at radius 2 is 2.10 bits per heavy atom. The Kier molecular flexibility index (Phi) is 4.05. The summed E-state index contributed by atoms with van der Waals surface area (Å²) in [6, 6.07) is 16.9. The van der Waals surface area contributed by atoms with Gasteiger partial charge >= 0.3 is 0 Å². The van der Waals surface area contributed by atoms with Gasteiger partial charge in [0, 0.05) is 12.3 Å². The SMILES string of the molecule is COc1ccc2cc(-c3nc4ccccn4c3NCc3ccco3)c(=O)[nH]c2c1. The lowest BCUT2D eigenvalue weighted by atomic mass is 10.1. The minimum absolute atomic E-state index is 0.213. The number of methoxy groups -OCH3 is 1. The predicted octanol–water partition coefficient (Wildman–Crippen LogP) is 4.06. The first-order chi connectivity index (χ1) is 14.2. The van der Waals surface area contributed by atoms with E-state index in [4.69, 9.17) is 14.1 Å². The number of nitrogens with one attached hydrogen (secondary N) is 2. The number of furan rings is 1. The molecule has 7 heteroatoms. The van der Waals surface area contributed by atoms with Crippen molar-refractivity contribution in [3.05, 3.63) is 83.2 Å². The number of hydrogen-bond acceptors (Lipinski definition) is 5. The summed E-state index contributed by atoms with van der Waals surface area (Å²) >= 11 is 0. The lowest BCUT2D eigenvalue weighted by Crippen LogP contribution is -2.11. The van der Waals surface area contributed by atoms with Gasteiger partial charge < -0.3 is 19.5 Å². The molecular weight excluding hydrogens is 368 g/mol. The molecule has 0 aliphatic rings. The summed E-state index contributed by atoms with van der Waals surface area (Å²) in [5.41, 5.74) is 2.33. The van der Waals surface area contributed by atoms with Gasteiger partial charge in [-0.1, -0.05) is 6.07 Å². The number of benzene rings is 1. The zero-order valence-corrected chi connectivity index (χ0v) is 15.7. The highest BCUT2D eigenvalue weighted by molar-refractivity contribution is 5.86. The Hall–Kier alpha value is -4.00. The van der Waals surface area contributed by atoms with Crippen LogP contribution in [0.2, 0.25) is 0 Å². The third-order valence-corrected chi connectivity index (χ3v) is 4.85. The van der Waals surface area contributed by atoms with E-state index in [1.165, 1.54) is 0 Å². The van der Waals surface area contributed by atoms with Crippen molar-refractivity contribution in [2.24, 2.45) is 0 Å². The zero-order valence-electron chi connectivity index (χ0n) is 15.7. The van der Waals surface area contributed by atoms with Gasteiger partial charge in [0.1, 0.15) is 28.7 Å². The van der Waals surface area contributed by atoms with Crippen molar-refractivity contribution in [3.63, 3.8) is 0 Å². The normalized spacial score (nSPS) is 11.2. The van der Waals surface area contributed by atoms with Crippen LogP contribution in [0.3, 0.4) is 0 Å². The number of H-pyrrole nitrogens is 1. The Labute approximate surface area is 165 Å². The topological polar surface area (TPSA) is 84.6 Å². The third kappa shape index (κ3) is 3.02. The minimum Gasteiger partial charge on any atom is -0.497 e. The number of ether oxygens (including phenoxy) is 1. The van der Waals surface area contributed by atoms with Crippen molar-refractivity contribution >= 4 is 22.4 Å². The van der Waals surface area contributed by atoms with Gasteiger partial charge in [-0.3, -0.25) is 9.20 Å². The van der Waals surface area contributed by atoms with Crippen LogP contribution in [-0.2, 0) is 6.54 Å². The van der Waals surface area contributed by atoms with Crippen LogP contribution in [0.15, 0.2) is 76.3 Å². The number of aromatic nitrogens is 3. The van der Waals surface area contributed by atoms with Gasteiger partial charge in [-0.05, 0) is 47.9 Å². The summed E-state index contributed by atoms with van der Waals surface area (Å²) in [6.45, 7) is 0.478. The molecule has 0 saturated carbocycles. The van der Waals surface area contributed by atoms with Crippen molar-refractivity contribution in [1.82, 2.24) is 14.4 Å². The van der Waals surface area contributed by atoms with Gasteiger partial charge in [-0.2, -0.15) is 0 Å². The lowest BCUT2D eigenvalue weighted by Gasteiger charge is -2.08. The molecule has 4 heterocycles. The molecule has 1 aromatic carbocycles. The van der Waals surface area contributed by atoms with Crippen molar-refractivity contribution in [2.75, 3.05) is 12.4 Å². The van der Waals surface area contributed by atoms with Gasteiger partial charge in [0.05, 0.1) is 31.0 Å². The minimum atomic E-state index is -0.213. The molecule has 0 amide bonds. The van der Waals surface area contributed by atoms with Crippen LogP contribution in [0.4, 0.5) is 5.82 Å². The highest BCUT2D eigenvalue weighted by atomic mass is 16.5. The average molecular weight is 386 g/mol. The quantitative estimate of drug-likeness (QED) is 0.476. The van der Waals surface area contributed by atoms with Gasteiger partial charge in [0.2, 0.25) is 0 Å². The number of aromatic amines is 1. The number of rotatable bonds is 5. The maximum Gasteiger partial charge on any atom is 0.258 e. The first-order valence-corrected chi connectivity index (χ1v) is 9.18. The smallest absolute Gasteiger partial charge is 0.258 e. The number of pyridine rings is 2. The van der Waals surface area contributed by atoms with Crippen molar-refractivity contribution < 1.29 is 9.15 Å². The van der Waals surface area contributed by atoms with Gasteiger partial charge in [0.25, 0.3) is 5.56 Å². The summed E-state index contributed by atoms with van der Waals surface area (Å²) in [5.74, 6) is 2.21. The first-order valence-electron chi connectivity index (χ1n) is 9.18. The fourth-order valence-electron chi connectivity index (χ4n) is 3.42. The van der Waals surface area contributed by atoms with E-state index in [9.17, 15) is 4.79 Å². The Morgan fingerprint density at radius 3 is 2.93 bits per heavy atom. The highest BCUT2D eigenvalue weighted by Gasteiger charge is 2.17. The van der Waals surface area contributed by atoms with Gasteiger partial charge in [0.15, 0.2) is 0 Å². The number of fused-ring (bicyclic) bond motifs is 2. The van der Waals surface area contributed by atoms with E-state index in [2.05, 4.69) is 10.3 Å². The summed E-state index contributed by atoms with van der Waals surface area (Å²) in [5, 5.41) is 4.26. The molecule has 2 N–H and O–H groups in total. The fourth-order valence-corrected chi connectivity index (χ4v) is 3.42. The average Bonchev–Trinajstić information content (AvgIpc) is 3.39. The standard InChI is InChI=1S/C22H18N4O3/c1-28-15-8-7-14-11-17(22(27)24-18(14)12-15)20-21(23-13-16-5-4-10-29-16)26-9-3-2-6-19(26)25-20/h2-12,23H,13H2,1H3,(H,24,27). The maximum atomic E-state index is 12.9. The van der Waals surface area contributed by atoms with E-state index in [-0.39, 0.29) is 5.56 Å². The molecule has 144 valence electrons. The molecule has 4 aromatic heterocycles. The zero-order chi connectivity index (χ0) is 19.8. The van der Waals surface area contributed by atoms with Crippen LogP contribution in [0.1, 0.15) is 5.76 Å². The molecule has 0 saturated heterocycles. The van der Waals surface area contributed by atoms with E-state index in [1.807, 2.05) is 59.1 Å². The molecule has 0 unspecified atom stereocenters. The predicted molar refractivity (Wildman–Crippen MR) is 111 cm³/mol. The van der Waals surface area contributed by atoms with Crippen LogP contribution in [0.25, 0.3) is 27.8 Å². The monoisotopic (exact) mass is 386 g/mol. The Bertz CT molecular complexity index is 1370. The van der Waals surface area contributed by atoms with Crippen LogP contribution < -0.4 is 15.6 Å². The summed E-state index contributed by atoms with van der Waals surface area (Å²) in [4.78, 5) is 20.6.